The van der Waals surface area contributed by atoms with Gasteiger partial charge in [0.1, 0.15) is 31.4 Å². The average molecular weight is 1150 g/mol. The lowest BCUT2D eigenvalue weighted by atomic mass is 9.85. The van der Waals surface area contributed by atoms with Gasteiger partial charge in [-0.05, 0) is 112 Å². The first-order chi connectivity index (χ1) is 41.1. The van der Waals surface area contributed by atoms with Gasteiger partial charge in [0.2, 0.25) is 5.60 Å². The van der Waals surface area contributed by atoms with Gasteiger partial charge < -0.3 is 58.0 Å². The van der Waals surface area contributed by atoms with E-state index in [-0.39, 0.29) is 73.1 Å². The van der Waals surface area contributed by atoms with Crippen LogP contribution < -0.4 is 20.1 Å². The van der Waals surface area contributed by atoms with Crippen LogP contribution in [0.2, 0.25) is 0 Å². The summed E-state index contributed by atoms with van der Waals surface area (Å²) in [6.07, 6.45) is 3.03. The van der Waals surface area contributed by atoms with Gasteiger partial charge in [-0.1, -0.05) is 50.8 Å². The lowest BCUT2D eigenvalue weighted by molar-refractivity contribution is -0.173. The summed E-state index contributed by atoms with van der Waals surface area (Å²) >= 11 is 0. The summed E-state index contributed by atoms with van der Waals surface area (Å²) in [5.74, 6) is -0.384. The number of carbonyl (C=O) groups excluding carboxylic acids is 4. The molecule has 85 heavy (non-hydrogen) atoms. The first-order valence-electron chi connectivity index (χ1n) is 29.6. The van der Waals surface area contributed by atoms with E-state index < -0.39 is 48.4 Å². The molecule has 9 heterocycles. The van der Waals surface area contributed by atoms with Crippen molar-refractivity contribution in [2.75, 3.05) is 82.9 Å². The van der Waals surface area contributed by atoms with E-state index in [1.54, 1.807) is 40.7 Å². The molecule has 442 valence electrons. The zero-order valence-electron chi connectivity index (χ0n) is 48.9. The first kappa shape index (κ1) is 56.7. The average Bonchev–Trinajstić information content (AvgIpc) is 2.11. The second kappa shape index (κ2) is 23.0. The predicted molar refractivity (Wildman–Crippen MR) is 317 cm³/mol. The quantitative estimate of drug-likeness (QED) is 0.0631. The van der Waals surface area contributed by atoms with Crippen molar-refractivity contribution in [3.8, 4) is 29.2 Å². The van der Waals surface area contributed by atoms with Crippen molar-refractivity contribution in [1.29, 1.82) is 5.26 Å². The lowest BCUT2D eigenvalue weighted by Crippen LogP contribution is -2.56. The number of phenolic OH excluding ortho intramolecular Hbond substituents is 1. The summed E-state index contributed by atoms with van der Waals surface area (Å²) in [7, 11) is 3.62. The minimum absolute atomic E-state index is 0.0192. The van der Waals surface area contributed by atoms with Gasteiger partial charge in [-0.15, -0.1) is 0 Å². The number of anilines is 2. The Morgan fingerprint density at radius 1 is 0.906 bits per heavy atom. The third-order valence-corrected chi connectivity index (χ3v) is 18.4. The number of phenols is 1. The number of likely N-dealkylation sites (N-methyl/N-ethyl adjacent to an activating group) is 2. The number of fused-ring (bicyclic) bond motifs is 7. The van der Waals surface area contributed by atoms with Gasteiger partial charge in [0.25, 0.3) is 11.5 Å². The number of rotatable bonds is 14. The molecular weight excluding hydrogens is 1080 g/mol. The van der Waals surface area contributed by atoms with E-state index >= 15 is 0 Å². The van der Waals surface area contributed by atoms with Crippen LogP contribution >= 0.6 is 0 Å². The number of hydrogen-bond acceptors (Lipinski definition) is 17. The number of amides is 3. The Morgan fingerprint density at radius 3 is 2.48 bits per heavy atom. The van der Waals surface area contributed by atoms with E-state index in [2.05, 4.69) is 77.7 Å². The second-order valence-electron chi connectivity index (χ2n) is 23.4. The fourth-order valence-electron chi connectivity index (χ4n) is 13.7. The number of hydrogen-bond donors (Lipinski definition) is 1. The van der Waals surface area contributed by atoms with Crippen molar-refractivity contribution in [2.45, 2.75) is 116 Å². The predicted octanol–water partition coefficient (Wildman–Crippen LogP) is 7.50. The maximum absolute atomic E-state index is 14.3. The van der Waals surface area contributed by atoms with Gasteiger partial charge in [-0.25, -0.2) is 19.4 Å². The number of cyclic esters (lactones) is 1. The van der Waals surface area contributed by atoms with E-state index in [0.717, 1.165) is 65.2 Å². The van der Waals surface area contributed by atoms with Crippen LogP contribution in [0.1, 0.15) is 91.4 Å². The molecule has 0 saturated carbocycles. The van der Waals surface area contributed by atoms with Crippen molar-refractivity contribution in [3.05, 3.63) is 122 Å². The number of pyridine rings is 2. The zero-order chi connectivity index (χ0) is 59.4. The molecule has 0 aliphatic carbocycles. The molecule has 0 radical (unpaired) electrons. The number of ether oxygens (including phenoxy) is 4. The monoisotopic (exact) mass is 1150 g/mol. The van der Waals surface area contributed by atoms with Crippen LogP contribution in [0.4, 0.5) is 21.1 Å². The largest absolute Gasteiger partial charge is 0.508 e. The second-order valence-corrected chi connectivity index (χ2v) is 23.4. The van der Waals surface area contributed by atoms with Crippen LogP contribution in [0, 0.1) is 18.3 Å². The highest BCUT2D eigenvalue weighted by Crippen LogP contribution is 2.43. The fraction of sp³-hybridized carbons (Fsp3) is 0.453. The number of likely N-dealkylation sites (tertiary alicyclic amines) is 2. The van der Waals surface area contributed by atoms with Crippen LogP contribution in [0.25, 0.3) is 33.1 Å². The Morgan fingerprint density at radius 2 is 1.71 bits per heavy atom. The number of nitrogens with zero attached hydrogens (tertiary/aromatic N) is 11. The van der Waals surface area contributed by atoms with Gasteiger partial charge >= 0.3 is 24.2 Å². The number of nitriles is 1. The number of benzene rings is 3. The molecule has 0 bridgehead atoms. The maximum atomic E-state index is 14.3. The van der Waals surface area contributed by atoms with Gasteiger partial charge in [-0.3, -0.25) is 9.59 Å². The Balaban J connectivity index is 0.702. The molecule has 21 nitrogen and oxygen atoms in total. The molecule has 21 heteroatoms. The summed E-state index contributed by atoms with van der Waals surface area (Å²) < 4.78 is 25.6. The molecule has 3 aromatic heterocycles. The van der Waals surface area contributed by atoms with Crippen molar-refractivity contribution in [2.24, 2.45) is 0 Å². The first-order valence-corrected chi connectivity index (χ1v) is 29.6. The minimum atomic E-state index is -1.96. The Labute approximate surface area is 492 Å². The van der Waals surface area contributed by atoms with E-state index in [1.165, 1.54) is 33.2 Å². The standard InChI is InChI=1S/C64H71N11O10/c1-7-45-47-29-44(76)19-20-51(47)66-56-48(45)33-75-54(56)30-50-49(59(75)78)37-82-60(79)64(50,8-2)85-62(80)70(6)31-41-16-12-25-74(41)63(81)84-35-39(4)58(77)73-28-27-72(32-42(73)21-23-65)57-46-22-26-71(53-18-10-15-40-14-9-13-38(3)55(40)53)34-52(46)67-61(68-57)83-36-43-17-11-24-69(43)5/h9-10,13-15,18-20,29-30,41-43,76H,4,7-8,11-12,16-17,21-22,24-28,31-37H2,1-3,5-6H3. The normalized spacial score (nSPS) is 20.8. The molecular formula is C64H71N11O10. The van der Waals surface area contributed by atoms with Crippen LogP contribution in [0.3, 0.4) is 0 Å². The molecule has 0 spiro atoms. The van der Waals surface area contributed by atoms with Crippen molar-refractivity contribution < 1.29 is 43.2 Å². The molecule has 3 saturated heterocycles. The molecule has 3 amide bonds. The molecule has 12 rings (SSSR count). The molecule has 4 atom stereocenters. The SMILES string of the molecule is C=C(COC(=O)N1CCCC1CN(C)C(=O)OC1(CC)C(=O)OCc2c1cc1n(c2=O)Cc2c-1nc1ccc(O)cc1c2CC)C(=O)N1CCN(c2nc(OCC3CCCN3C)nc3c2CCN(c2cccc4cccc(C)c24)C3)CC1CC#N. The van der Waals surface area contributed by atoms with Gasteiger partial charge in [0.05, 0.1) is 65.8 Å². The molecule has 6 aliphatic rings. The highest BCUT2D eigenvalue weighted by molar-refractivity contribution is 5.97. The molecule has 3 aromatic carbocycles. The third kappa shape index (κ3) is 10.3. The fourth-order valence-corrected chi connectivity index (χ4v) is 13.7. The van der Waals surface area contributed by atoms with Crippen LogP contribution in [-0.4, -0.2) is 160 Å². The number of aryl methyl sites for hydroxylation is 2. The van der Waals surface area contributed by atoms with Gasteiger partial charge in [0, 0.05) is 91.1 Å². The Bertz CT molecular complexity index is 3820. The summed E-state index contributed by atoms with van der Waals surface area (Å²) in [6, 6.07) is 21.3. The van der Waals surface area contributed by atoms with E-state index in [4.69, 9.17) is 33.9 Å². The van der Waals surface area contributed by atoms with Gasteiger partial charge in [0.15, 0.2) is 0 Å². The molecule has 4 unspecified atom stereocenters. The summed E-state index contributed by atoms with van der Waals surface area (Å²) in [5.41, 5.74) is 5.86. The van der Waals surface area contributed by atoms with Crippen molar-refractivity contribution >= 4 is 57.2 Å². The lowest BCUT2D eigenvalue weighted by Gasteiger charge is -2.42. The topological polar surface area (TPSA) is 229 Å². The third-order valence-electron chi connectivity index (χ3n) is 18.4. The van der Waals surface area contributed by atoms with Crippen LogP contribution in [0.5, 0.6) is 11.8 Å². The van der Waals surface area contributed by atoms with Crippen molar-refractivity contribution in [1.82, 2.24) is 39.1 Å². The number of carbonyl (C=O) groups is 4. The molecule has 1 N–H and O–H groups in total. The maximum Gasteiger partial charge on any atom is 0.411 e. The minimum Gasteiger partial charge on any atom is -0.508 e. The Kier molecular flexibility index (Phi) is 15.3. The summed E-state index contributed by atoms with van der Waals surface area (Å²) in [6.45, 7) is 13.5. The van der Waals surface area contributed by atoms with E-state index in [1.807, 2.05) is 6.92 Å². The number of piperazine rings is 1. The number of esters is 1. The van der Waals surface area contributed by atoms with E-state index in [9.17, 15) is 34.3 Å². The number of aromatic hydroxyl groups is 1. The highest BCUT2D eigenvalue weighted by atomic mass is 16.6. The summed E-state index contributed by atoms with van der Waals surface area (Å²) in [5, 5.41) is 23.6. The van der Waals surface area contributed by atoms with E-state index in [0.29, 0.717) is 81.4 Å². The Hall–Kier alpha value is -8.77. The van der Waals surface area contributed by atoms with Crippen LogP contribution in [0.15, 0.2) is 77.6 Å². The molecule has 3 fully saturated rings. The molecule has 6 aromatic rings. The molecule has 6 aliphatic heterocycles. The summed E-state index contributed by atoms with van der Waals surface area (Å²) in [4.78, 5) is 97.0. The van der Waals surface area contributed by atoms with Crippen LogP contribution in [-0.2, 0) is 61.9 Å². The zero-order valence-corrected chi connectivity index (χ0v) is 48.9. The number of aromatic nitrogens is 4. The van der Waals surface area contributed by atoms with Crippen molar-refractivity contribution in [3.63, 3.8) is 0 Å². The van der Waals surface area contributed by atoms with Gasteiger partial charge in [-0.2, -0.15) is 15.2 Å². The smallest absolute Gasteiger partial charge is 0.411 e. The highest BCUT2D eigenvalue weighted by Gasteiger charge is 2.51.